The number of nitrogens with zero attached hydrogens (tertiary/aromatic N) is 1. The summed E-state index contributed by atoms with van der Waals surface area (Å²) in [6.07, 6.45) is 3.65. The van der Waals surface area contributed by atoms with E-state index in [0.29, 0.717) is 12.4 Å². The molecule has 0 radical (unpaired) electrons. The first-order valence-electron chi connectivity index (χ1n) is 4.50. The molecule has 0 aliphatic heterocycles. The minimum absolute atomic E-state index is 0.0647. The molecule has 1 aromatic rings. The molecule has 2 nitrogen and oxygen atoms in total. The number of benzene rings is 1. The summed E-state index contributed by atoms with van der Waals surface area (Å²) >= 11 is 10.2. The predicted octanol–water partition coefficient (Wildman–Crippen LogP) is 4.17. The molecule has 0 heterocycles. The van der Waals surface area contributed by atoms with Gasteiger partial charge >= 0.3 is 0 Å². The van der Waals surface area contributed by atoms with Gasteiger partial charge in [0, 0.05) is 6.07 Å². The molecule has 0 unspecified atom stereocenters. The van der Waals surface area contributed by atoms with Gasteiger partial charge in [0.25, 0.3) is 0 Å². The Bertz CT molecular complexity index is 456. The number of halogens is 2. The summed E-state index contributed by atoms with van der Waals surface area (Å²) in [5.41, 5.74) is 0.0647. The fourth-order valence-electron chi connectivity index (χ4n) is 0.998. The topological polar surface area (TPSA) is 21.6 Å². The van der Waals surface area contributed by atoms with Crippen molar-refractivity contribution in [3.8, 4) is 5.75 Å². The molecule has 0 saturated carbocycles. The second-order valence-electron chi connectivity index (χ2n) is 2.82. The van der Waals surface area contributed by atoms with Crippen LogP contribution in [0.5, 0.6) is 5.75 Å². The van der Waals surface area contributed by atoms with Gasteiger partial charge in [-0.25, -0.2) is 4.39 Å². The molecule has 0 N–H and O–H groups in total. The largest absolute Gasteiger partial charge is 0.488 e. The highest BCUT2D eigenvalue weighted by molar-refractivity contribution is 7.78. The highest BCUT2D eigenvalue weighted by Crippen LogP contribution is 2.31. The summed E-state index contributed by atoms with van der Waals surface area (Å²) in [4.78, 5) is 3.57. The van der Waals surface area contributed by atoms with Crippen molar-refractivity contribution in [2.75, 3.05) is 6.61 Å². The third-order valence-corrected chi connectivity index (χ3v) is 2.12. The van der Waals surface area contributed by atoms with Crippen molar-refractivity contribution in [1.29, 1.82) is 0 Å². The maximum absolute atomic E-state index is 13.3. The molecule has 0 fully saturated rings. The van der Waals surface area contributed by atoms with E-state index in [9.17, 15) is 4.39 Å². The maximum atomic E-state index is 13.3. The van der Waals surface area contributed by atoms with Gasteiger partial charge in [0.1, 0.15) is 18.0 Å². The molecule has 0 amide bonds. The van der Waals surface area contributed by atoms with E-state index in [1.165, 1.54) is 6.07 Å². The fraction of sp³-hybridized carbons (Fsp3) is 0.182. The molecule has 84 valence electrons. The first-order chi connectivity index (χ1) is 7.69. The summed E-state index contributed by atoms with van der Waals surface area (Å²) in [5, 5.41) is 2.29. The van der Waals surface area contributed by atoms with Crippen molar-refractivity contribution in [1.82, 2.24) is 0 Å². The normalized spacial score (nSPS) is 10.2. The number of allylic oxidation sites excluding steroid dienone is 1. The maximum Gasteiger partial charge on any atom is 0.151 e. The molecule has 0 aromatic heterocycles. The van der Waals surface area contributed by atoms with E-state index >= 15 is 0 Å². The Morgan fingerprint density at radius 2 is 2.38 bits per heavy atom. The van der Waals surface area contributed by atoms with Crippen LogP contribution in [0, 0.1) is 5.82 Å². The van der Waals surface area contributed by atoms with E-state index in [-0.39, 0.29) is 10.7 Å². The Kier molecular flexibility index (Phi) is 5.12. The van der Waals surface area contributed by atoms with E-state index in [0.717, 1.165) is 6.07 Å². The zero-order valence-corrected chi connectivity index (χ0v) is 10.1. The van der Waals surface area contributed by atoms with Gasteiger partial charge in [0.05, 0.1) is 10.2 Å². The molecular weight excluding hydrogens is 249 g/mol. The van der Waals surface area contributed by atoms with E-state index in [1.54, 1.807) is 0 Å². The first-order valence-corrected chi connectivity index (χ1v) is 5.28. The second kappa shape index (κ2) is 6.38. The molecular formula is C11H9ClFNOS. The molecule has 0 spiro atoms. The van der Waals surface area contributed by atoms with Gasteiger partial charge in [-0.2, -0.15) is 4.99 Å². The first kappa shape index (κ1) is 12.8. The number of ether oxygens (including phenoxy) is 1. The standard InChI is InChI=1S/C11H9ClFNOS/c1-2-3-4-15-11-6-10(14-7-16)9(13)5-8(11)12/h2-3,5-6H,4H2,1H3/b3-2-. The van der Waals surface area contributed by atoms with Crippen LogP contribution < -0.4 is 4.74 Å². The van der Waals surface area contributed by atoms with Gasteiger partial charge in [-0.3, -0.25) is 0 Å². The lowest BCUT2D eigenvalue weighted by Gasteiger charge is -2.06. The Morgan fingerprint density at radius 3 is 3.00 bits per heavy atom. The molecule has 1 rings (SSSR count). The number of thiocarbonyl (C=S) groups is 1. The minimum atomic E-state index is -0.555. The van der Waals surface area contributed by atoms with Crippen LogP contribution in [-0.2, 0) is 0 Å². The summed E-state index contributed by atoms with van der Waals surface area (Å²) in [5.74, 6) is -0.189. The molecule has 0 aliphatic rings. The number of aliphatic imine (C=N–C) groups is 1. The van der Waals surface area contributed by atoms with Crippen LogP contribution in [0.1, 0.15) is 6.92 Å². The Hall–Kier alpha value is -1.22. The second-order valence-corrected chi connectivity index (χ2v) is 3.41. The third-order valence-electron chi connectivity index (χ3n) is 1.74. The average Bonchev–Trinajstić information content (AvgIpc) is 2.25. The van der Waals surface area contributed by atoms with Gasteiger partial charge in [-0.05, 0) is 25.2 Å². The highest BCUT2D eigenvalue weighted by Gasteiger charge is 2.08. The van der Waals surface area contributed by atoms with Crippen molar-refractivity contribution < 1.29 is 9.13 Å². The van der Waals surface area contributed by atoms with Gasteiger partial charge in [-0.15, -0.1) is 0 Å². The quantitative estimate of drug-likeness (QED) is 0.459. The van der Waals surface area contributed by atoms with Crippen LogP contribution in [-0.4, -0.2) is 11.8 Å². The van der Waals surface area contributed by atoms with Crippen LogP contribution >= 0.6 is 23.8 Å². The zero-order valence-electron chi connectivity index (χ0n) is 8.54. The number of hydrogen-bond donors (Lipinski definition) is 0. The Labute approximate surface area is 103 Å². The minimum Gasteiger partial charge on any atom is -0.488 e. The molecule has 0 saturated heterocycles. The van der Waals surface area contributed by atoms with Crippen LogP contribution in [0.3, 0.4) is 0 Å². The lowest BCUT2D eigenvalue weighted by molar-refractivity contribution is 0.362. The van der Waals surface area contributed by atoms with Crippen molar-refractivity contribution in [2.24, 2.45) is 4.99 Å². The molecule has 0 bridgehead atoms. The van der Waals surface area contributed by atoms with E-state index < -0.39 is 5.82 Å². The van der Waals surface area contributed by atoms with E-state index in [2.05, 4.69) is 22.4 Å². The lowest BCUT2D eigenvalue weighted by atomic mass is 10.3. The van der Waals surface area contributed by atoms with Crippen LogP contribution in [0.25, 0.3) is 0 Å². The van der Waals surface area contributed by atoms with Crippen LogP contribution in [0.15, 0.2) is 29.3 Å². The summed E-state index contributed by atoms with van der Waals surface area (Å²) < 4.78 is 18.6. The van der Waals surface area contributed by atoms with Crippen molar-refractivity contribution in [3.63, 3.8) is 0 Å². The van der Waals surface area contributed by atoms with Gasteiger partial charge in [0.2, 0.25) is 0 Å². The molecule has 5 heteroatoms. The van der Waals surface area contributed by atoms with Crippen molar-refractivity contribution >= 4 is 34.7 Å². The smallest absolute Gasteiger partial charge is 0.151 e. The number of rotatable bonds is 4. The Balaban J connectivity index is 2.99. The van der Waals surface area contributed by atoms with Crippen molar-refractivity contribution in [3.05, 3.63) is 35.1 Å². The van der Waals surface area contributed by atoms with Gasteiger partial charge in [-0.1, -0.05) is 23.8 Å². The third kappa shape index (κ3) is 3.42. The summed E-state index contributed by atoms with van der Waals surface area (Å²) in [6, 6.07) is 2.53. The molecule has 1 aromatic carbocycles. The van der Waals surface area contributed by atoms with Crippen LogP contribution in [0.4, 0.5) is 10.1 Å². The predicted molar refractivity (Wildman–Crippen MR) is 66.4 cm³/mol. The summed E-state index contributed by atoms with van der Waals surface area (Å²) in [7, 11) is 0. The van der Waals surface area contributed by atoms with Gasteiger partial charge in [0.15, 0.2) is 5.82 Å². The average molecular weight is 258 g/mol. The van der Waals surface area contributed by atoms with Crippen molar-refractivity contribution in [2.45, 2.75) is 6.92 Å². The number of isothiocyanates is 1. The fourth-order valence-corrected chi connectivity index (χ4v) is 1.30. The highest BCUT2D eigenvalue weighted by atomic mass is 35.5. The monoisotopic (exact) mass is 257 g/mol. The zero-order chi connectivity index (χ0) is 12.0. The molecule has 16 heavy (non-hydrogen) atoms. The lowest BCUT2D eigenvalue weighted by Crippen LogP contribution is -1.94. The van der Waals surface area contributed by atoms with Gasteiger partial charge < -0.3 is 4.74 Å². The number of hydrogen-bond acceptors (Lipinski definition) is 3. The van der Waals surface area contributed by atoms with E-state index in [4.69, 9.17) is 16.3 Å². The SMILES string of the molecule is C/C=C\COc1cc(N=C=S)c(F)cc1Cl. The summed E-state index contributed by atoms with van der Waals surface area (Å²) in [6.45, 7) is 2.24. The van der Waals surface area contributed by atoms with Crippen LogP contribution in [0.2, 0.25) is 5.02 Å². The van der Waals surface area contributed by atoms with E-state index in [1.807, 2.05) is 19.1 Å². The Morgan fingerprint density at radius 1 is 1.62 bits per heavy atom. The molecule has 0 atom stereocenters. The molecule has 0 aliphatic carbocycles.